The van der Waals surface area contributed by atoms with Crippen LogP contribution in [0.15, 0.2) is 11.1 Å². The summed E-state index contributed by atoms with van der Waals surface area (Å²) in [5.41, 5.74) is 0.886. The lowest BCUT2D eigenvalue weighted by molar-refractivity contribution is -0.133. The Balaban J connectivity index is 2.09. The molecule has 1 saturated heterocycles. The molecule has 19 heavy (non-hydrogen) atoms. The SMILES string of the molecule is Cc1cc(SCC(=O)O)nc(N2CCC(C)CC2)n1. The van der Waals surface area contributed by atoms with E-state index in [1.807, 2.05) is 13.0 Å². The van der Waals surface area contributed by atoms with Crippen molar-refractivity contribution in [2.45, 2.75) is 31.7 Å². The van der Waals surface area contributed by atoms with E-state index in [-0.39, 0.29) is 5.75 Å². The zero-order chi connectivity index (χ0) is 13.8. The fourth-order valence-corrected chi connectivity index (χ4v) is 2.76. The standard InChI is InChI=1S/C13H19N3O2S/c1-9-3-5-16(6-4-9)13-14-10(2)7-11(15-13)19-8-12(17)18/h7,9H,3-6,8H2,1-2H3,(H,17,18). The number of anilines is 1. The number of carbonyl (C=O) groups is 1. The molecular weight excluding hydrogens is 262 g/mol. The van der Waals surface area contributed by atoms with Crippen LogP contribution >= 0.6 is 11.8 Å². The Morgan fingerprint density at radius 2 is 2.16 bits per heavy atom. The first-order valence-corrected chi connectivity index (χ1v) is 7.48. The molecule has 0 unspecified atom stereocenters. The van der Waals surface area contributed by atoms with Crippen molar-refractivity contribution < 1.29 is 9.90 Å². The third-order valence-corrected chi connectivity index (χ3v) is 4.13. The van der Waals surface area contributed by atoms with Crippen LogP contribution in [0, 0.1) is 12.8 Å². The maximum absolute atomic E-state index is 10.6. The largest absolute Gasteiger partial charge is 0.481 e. The van der Waals surface area contributed by atoms with Crippen molar-refractivity contribution >= 4 is 23.7 Å². The van der Waals surface area contributed by atoms with E-state index in [4.69, 9.17) is 5.11 Å². The molecule has 6 heteroatoms. The molecule has 1 aromatic heterocycles. The van der Waals surface area contributed by atoms with Gasteiger partial charge < -0.3 is 10.0 Å². The lowest BCUT2D eigenvalue weighted by Crippen LogP contribution is -2.34. The molecule has 1 aliphatic rings. The molecule has 2 heterocycles. The molecular formula is C13H19N3O2S. The topological polar surface area (TPSA) is 66.3 Å². The monoisotopic (exact) mass is 281 g/mol. The number of aliphatic carboxylic acids is 1. The number of carboxylic acids is 1. The van der Waals surface area contributed by atoms with E-state index in [1.165, 1.54) is 11.8 Å². The number of nitrogens with zero attached hydrogens (tertiary/aromatic N) is 3. The molecule has 5 nitrogen and oxygen atoms in total. The van der Waals surface area contributed by atoms with Gasteiger partial charge in [-0.05, 0) is 31.7 Å². The number of piperidine rings is 1. The molecule has 0 aromatic carbocycles. The van der Waals surface area contributed by atoms with Crippen molar-refractivity contribution in [2.75, 3.05) is 23.7 Å². The first-order chi connectivity index (χ1) is 9.04. The summed E-state index contributed by atoms with van der Waals surface area (Å²) in [5.74, 6) is 0.712. The third-order valence-electron chi connectivity index (χ3n) is 3.23. The van der Waals surface area contributed by atoms with Crippen LogP contribution in [0.2, 0.25) is 0 Å². The molecule has 0 amide bonds. The highest BCUT2D eigenvalue weighted by Crippen LogP contribution is 2.23. The number of aromatic nitrogens is 2. The van der Waals surface area contributed by atoms with Crippen LogP contribution in [0.3, 0.4) is 0 Å². The van der Waals surface area contributed by atoms with Crippen molar-refractivity contribution in [3.63, 3.8) is 0 Å². The summed E-state index contributed by atoms with van der Waals surface area (Å²) in [7, 11) is 0. The fraction of sp³-hybridized carbons (Fsp3) is 0.615. The molecule has 104 valence electrons. The highest BCUT2D eigenvalue weighted by Gasteiger charge is 2.18. The second kappa shape index (κ2) is 6.23. The van der Waals surface area contributed by atoms with Gasteiger partial charge in [0.25, 0.3) is 0 Å². The Labute approximate surface area is 117 Å². The number of carboxylic acid groups (broad SMARTS) is 1. The maximum atomic E-state index is 10.6. The fourth-order valence-electron chi connectivity index (χ4n) is 2.08. The molecule has 1 N–H and O–H groups in total. The minimum Gasteiger partial charge on any atom is -0.481 e. The van der Waals surface area contributed by atoms with Crippen LogP contribution in [0.1, 0.15) is 25.5 Å². The van der Waals surface area contributed by atoms with Crippen LogP contribution in [0.5, 0.6) is 0 Å². The van der Waals surface area contributed by atoms with Gasteiger partial charge >= 0.3 is 5.97 Å². The molecule has 0 saturated carbocycles. The highest BCUT2D eigenvalue weighted by molar-refractivity contribution is 7.99. The van der Waals surface area contributed by atoms with Gasteiger partial charge in [0, 0.05) is 18.8 Å². The predicted octanol–water partition coefficient (Wildman–Crippen LogP) is 2.20. The van der Waals surface area contributed by atoms with Crippen molar-refractivity contribution in [2.24, 2.45) is 5.92 Å². The van der Waals surface area contributed by atoms with E-state index in [0.29, 0.717) is 0 Å². The van der Waals surface area contributed by atoms with Gasteiger partial charge in [-0.3, -0.25) is 4.79 Å². The minimum atomic E-state index is -0.824. The summed E-state index contributed by atoms with van der Waals surface area (Å²) >= 11 is 1.24. The number of aryl methyl sites for hydroxylation is 1. The summed E-state index contributed by atoms with van der Waals surface area (Å²) in [5, 5.41) is 9.46. The number of rotatable bonds is 4. The molecule has 0 radical (unpaired) electrons. The second-order valence-corrected chi connectivity index (χ2v) is 6.00. The summed E-state index contributed by atoms with van der Waals surface area (Å²) in [6.07, 6.45) is 2.32. The molecule has 0 spiro atoms. The van der Waals surface area contributed by atoms with Gasteiger partial charge in [0.2, 0.25) is 5.95 Å². The molecule has 0 aliphatic carbocycles. The van der Waals surface area contributed by atoms with Gasteiger partial charge in [0.1, 0.15) is 5.03 Å². The summed E-state index contributed by atoms with van der Waals surface area (Å²) in [4.78, 5) is 21.7. The zero-order valence-electron chi connectivity index (χ0n) is 11.3. The van der Waals surface area contributed by atoms with Crippen molar-refractivity contribution in [3.05, 3.63) is 11.8 Å². The molecule has 0 bridgehead atoms. The number of hydrogen-bond donors (Lipinski definition) is 1. The summed E-state index contributed by atoms with van der Waals surface area (Å²) in [6.45, 7) is 6.15. The highest BCUT2D eigenvalue weighted by atomic mass is 32.2. The van der Waals surface area contributed by atoms with Gasteiger partial charge in [-0.15, -0.1) is 0 Å². The Kier molecular flexibility index (Phi) is 4.63. The van der Waals surface area contributed by atoms with Gasteiger partial charge in [0.05, 0.1) is 5.75 Å². The van der Waals surface area contributed by atoms with Gasteiger partial charge in [0.15, 0.2) is 0 Å². The van der Waals surface area contributed by atoms with Crippen molar-refractivity contribution in [3.8, 4) is 0 Å². The Morgan fingerprint density at radius 3 is 2.79 bits per heavy atom. The average Bonchev–Trinajstić information content (AvgIpc) is 2.36. The van der Waals surface area contributed by atoms with Crippen LogP contribution in [-0.4, -0.2) is 39.9 Å². The first-order valence-electron chi connectivity index (χ1n) is 6.50. The van der Waals surface area contributed by atoms with E-state index in [9.17, 15) is 4.79 Å². The summed E-state index contributed by atoms with van der Waals surface area (Å²) < 4.78 is 0. The minimum absolute atomic E-state index is 0.0347. The zero-order valence-corrected chi connectivity index (χ0v) is 12.1. The normalized spacial score (nSPS) is 16.6. The van der Waals surface area contributed by atoms with Gasteiger partial charge in [-0.25, -0.2) is 9.97 Å². The average molecular weight is 281 g/mol. The third kappa shape index (κ3) is 4.09. The number of thioether (sulfide) groups is 1. The van der Waals surface area contributed by atoms with Crippen LogP contribution < -0.4 is 4.90 Å². The second-order valence-electron chi connectivity index (χ2n) is 5.00. The quantitative estimate of drug-likeness (QED) is 0.674. The van der Waals surface area contributed by atoms with Crippen LogP contribution in [0.4, 0.5) is 5.95 Å². The van der Waals surface area contributed by atoms with E-state index < -0.39 is 5.97 Å². The molecule has 1 fully saturated rings. The van der Waals surface area contributed by atoms with Gasteiger partial charge in [-0.2, -0.15) is 0 Å². The van der Waals surface area contributed by atoms with Crippen molar-refractivity contribution in [1.29, 1.82) is 0 Å². The van der Waals surface area contributed by atoms with Crippen LogP contribution in [-0.2, 0) is 4.79 Å². The number of hydrogen-bond acceptors (Lipinski definition) is 5. The summed E-state index contributed by atoms with van der Waals surface area (Å²) in [6, 6.07) is 1.84. The van der Waals surface area contributed by atoms with E-state index in [2.05, 4.69) is 21.8 Å². The lowest BCUT2D eigenvalue weighted by Gasteiger charge is -2.30. The van der Waals surface area contributed by atoms with Crippen LogP contribution in [0.25, 0.3) is 0 Å². The van der Waals surface area contributed by atoms with E-state index in [0.717, 1.165) is 48.5 Å². The Bertz CT molecular complexity index is 459. The Hall–Kier alpha value is -1.30. The molecule has 1 aromatic rings. The first kappa shape index (κ1) is 14.1. The molecule has 0 atom stereocenters. The predicted molar refractivity (Wildman–Crippen MR) is 75.7 cm³/mol. The van der Waals surface area contributed by atoms with Gasteiger partial charge in [-0.1, -0.05) is 18.7 Å². The molecule has 2 rings (SSSR count). The smallest absolute Gasteiger partial charge is 0.313 e. The van der Waals surface area contributed by atoms with E-state index >= 15 is 0 Å². The maximum Gasteiger partial charge on any atom is 0.313 e. The molecule has 1 aliphatic heterocycles. The Morgan fingerprint density at radius 1 is 1.47 bits per heavy atom. The van der Waals surface area contributed by atoms with Crippen molar-refractivity contribution in [1.82, 2.24) is 9.97 Å². The lowest BCUT2D eigenvalue weighted by atomic mass is 10.00. The van der Waals surface area contributed by atoms with E-state index in [1.54, 1.807) is 0 Å².